The lowest BCUT2D eigenvalue weighted by molar-refractivity contribution is -0.150. The molecule has 0 fully saturated rings. The molecule has 2 N–H and O–H groups in total. The van der Waals surface area contributed by atoms with Gasteiger partial charge in [-0.15, -0.1) is 0 Å². The number of aromatic nitrogens is 2. The second-order valence-corrected chi connectivity index (χ2v) is 6.10. The van der Waals surface area contributed by atoms with E-state index in [2.05, 4.69) is 15.3 Å². The summed E-state index contributed by atoms with van der Waals surface area (Å²) >= 11 is 1.42. The Kier molecular flexibility index (Phi) is 6.22. The quantitative estimate of drug-likeness (QED) is 0.447. The number of carbonyl (C=O) groups excluding carboxylic acids is 1. The molecule has 0 aliphatic rings. The Morgan fingerprint density at radius 2 is 2.35 bits per heavy atom. The Bertz CT molecular complexity index is 506. The molecule has 20 heavy (non-hydrogen) atoms. The van der Waals surface area contributed by atoms with Crippen molar-refractivity contribution in [3.63, 3.8) is 0 Å². The van der Waals surface area contributed by atoms with Gasteiger partial charge in [0.25, 0.3) is 5.56 Å². The lowest BCUT2D eigenvalue weighted by Crippen LogP contribution is -2.50. The van der Waals surface area contributed by atoms with E-state index in [9.17, 15) is 9.59 Å². The van der Waals surface area contributed by atoms with E-state index >= 15 is 0 Å². The van der Waals surface area contributed by atoms with Crippen molar-refractivity contribution in [1.29, 1.82) is 0 Å². The summed E-state index contributed by atoms with van der Waals surface area (Å²) in [5.41, 5.74) is -0.936. The predicted molar refractivity (Wildman–Crippen MR) is 78.9 cm³/mol. The fourth-order valence-electron chi connectivity index (χ4n) is 1.80. The Morgan fingerprint density at radius 3 is 2.90 bits per heavy atom. The number of esters is 1. The summed E-state index contributed by atoms with van der Waals surface area (Å²) in [4.78, 5) is 29.9. The maximum Gasteiger partial charge on any atom is 0.326 e. The van der Waals surface area contributed by atoms with E-state index < -0.39 is 5.54 Å². The molecule has 0 spiro atoms. The Balaban J connectivity index is 2.70. The second kappa shape index (κ2) is 7.44. The highest BCUT2D eigenvalue weighted by atomic mass is 32.2. The Labute approximate surface area is 122 Å². The number of hydrogen-bond donors (Lipinski definition) is 2. The number of nitrogens with zero attached hydrogens (tertiary/aromatic N) is 1. The summed E-state index contributed by atoms with van der Waals surface area (Å²) in [5, 5.41) is 3.64. The minimum atomic E-state index is -0.752. The molecule has 1 heterocycles. The molecule has 0 saturated carbocycles. The first-order valence-electron chi connectivity index (χ1n) is 6.49. The number of H-pyrrole nitrogens is 1. The van der Waals surface area contributed by atoms with E-state index in [-0.39, 0.29) is 16.8 Å². The minimum absolute atomic E-state index is 0.0856. The molecule has 0 aliphatic carbocycles. The van der Waals surface area contributed by atoms with E-state index in [4.69, 9.17) is 4.74 Å². The molecule has 1 aromatic rings. The largest absolute Gasteiger partial charge is 0.465 e. The predicted octanol–water partition coefficient (Wildman–Crippen LogP) is 1.18. The van der Waals surface area contributed by atoms with Crippen molar-refractivity contribution in [2.24, 2.45) is 0 Å². The van der Waals surface area contributed by atoms with Crippen LogP contribution in [0.1, 0.15) is 27.2 Å². The zero-order valence-electron chi connectivity index (χ0n) is 12.2. The van der Waals surface area contributed by atoms with E-state index in [0.29, 0.717) is 18.2 Å². The summed E-state index contributed by atoms with van der Waals surface area (Å²) in [6.45, 7) is 5.92. The highest BCUT2D eigenvalue weighted by Crippen LogP contribution is 2.26. The molecule has 112 valence electrons. The second-order valence-electron chi connectivity index (χ2n) is 4.67. The first-order valence-corrected chi connectivity index (χ1v) is 7.37. The number of rotatable bonds is 7. The van der Waals surface area contributed by atoms with Crippen LogP contribution in [0.4, 0.5) is 0 Å². The normalized spacial score (nSPS) is 15.4. The van der Waals surface area contributed by atoms with Crippen molar-refractivity contribution in [3.8, 4) is 0 Å². The number of nitrogens with one attached hydrogen (secondary N) is 2. The molecule has 0 saturated heterocycles. The molecule has 6 nitrogen and oxygen atoms in total. The van der Waals surface area contributed by atoms with E-state index in [0.717, 1.165) is 0 Å². The lowest BCUT2D eigenvalue weighted by Gasteiger charge is -2.29. The molecular weight excluding hydrogens is 278 g/mol. The molecule has 0 aromatic carbocycles. The van der Waals surface area contributed by atoms with Gasteiger partial charge in [-0.3, -0.25) is 9.59 Å². The van der Waals surface area contributed by atoms with Crippen LogP contribution in [0, 0.1) is 0 Å². The number of thioether (sulfide) groups is 1. The molecule has 1 rings (SSSR count). The van der Waals surface area contributed by atoms with Gasteiger partial charge >= 0.3 is 5.97 Å². The zero-order chi connectivity index (χ0) is 15.2. The summed E-state index contributed by atoms with van der Waals surface area (Å²) in [7, 11) is 1.73. The van der Waals surface area contributed by atoms with Crippen LogP contribution in [-0.2, 0) is 9.53 Å². The van der Waals surface area contributed by atoms with Gasteiger partial charge < -0.3 is 15.0 Å². The maximum atomic E-state index is 12.0. The fraction of sp³-hybridized carbons (Fsp3) is 0.615. The molecular formula is C13H21N3O3S. The molecule has 2 unspecified atom stereocenters. The van der Waals surface area contributed by atoms with Crippen LogP contribution in [0.2, 0.25) is 0 Å². The molecule has 0 bridgehead atoms. The van der Waals surface area contributed by atoms with Gasteiger partial charge in [-0.1, -0.05) is 18.7 Å². The third-order valence-corrected chi connectivity index (χ3v) is 3.93. The molecule has 0 amide bonds. The van der Waals surface area contributed by atoms with Crippen LogP contribution in [-0.4, -0.2) is 40.4 Å². The minimum Gasteiger partial charge on any atom is -0.465 e. The van der Waals surface area contributed by atoms with Crippen molar-refractivity contribution in [2.45, 2.75) is 43.1 Å². The monoisotopic (exact) mass is 299 g/mol. The van der Waals surface area contributed by atoms with Crippen LogP contribution in [0.15, 0.2) is 22.2 Å². The number of ether oxygens (including phenoxy) is 1. The average molecular weight is 299 g/mol. The zero-order valence-corrected chi connectivity index (χ0v) is 13.0. The van der Waals surface area contributed by atoms with Crippen molar-refractivity contribution in [1.82, 2.24) is 15.3 Å². The van der Waals surface area contributed by atoms with Crippen molar-refractivity contribution < 1.29 is 9.53 Å². The van der Waals surface area contributed by atoms with Gasteiger partial charge in [0.05, 0.1) is 6.61 Å². The van der Waals surface area contributed by atoms with Gasteiger partial charge in [-0.25, -0.2) is 4.98 Å². The first-order chi connectivity index (χ1) is 9.41. The van der Waals surface area contributed by atoms with E-state index in [1.54, 1.807) is 14.0 Å². The smallest absolute Gasteiger partial charge is 0.326 e. The average Bonchev–Trinajstić information content (AvgIpc) is 2.38. The molecule has 1 aromatic heterocycles. The number of hydrogen-bond acceptors (Lipinski definition) is 6. The third-order valence-electron chi connectivity index (χ3n) is 2.93. The van der Waals surface area contributed by atoms with Gasteiger partial charge in [0.15, 0.2) is 5.16 Å². The van der Waals surface area contributed by atoms with Crippen LogP contribution in [0.5, 0.6) is 0 Å². The standard InChI is InChI=1S/C13H21N3O3S/c1-5-19-11(18)13(3,14-4)8-9(2)20-12-15-7-6-10(17)16-12/h6-7,9,14H,5,8H2,1-4H3,(H,15,16,17). The highest BCUT2D eigenvalue weighted by Gasteiger charge is 2.34. The van der Waals surface area contributed by atoms with E-state index in [1.807, 2.05) is 13.8 Å². The van der Waals surface area contributed by atoms with Crippen LogP contribution in [0.3, 0.4) is 0 Å². The topological polar surface area (TPSA) is 84.1 Å². The van der Waals surface area contributed by atoms with Gasteiger partial charge in [-0.2, -0.15) is 0 Å². The summed E-state index contributed by atoms with van der Waals surface area (Å²) < 4.78 is 5.08. The third kappa shape index (κ3) is 4.64. The van der Waals surface area contributed by atoms with Crippen LogP contribution in [0.25, 0.3) is 0 Å². The maximum absolute atomic E-state index is 12.0. The first kappa shape index (κ1) is 16.7. The molecule has 2 atom stereocenters. The lowest BCUT2D eigenvalue weighted by atomic mass is 9.96. The Hall–Kier alpha value is -1.34. The number of aromatic amines is 1. The van der Waals surface area contributed by atoms with Gasteiger partial charge in [0.2, 0.25) is 0 Å². The van der Waals surface area contributed by atoms with Crippen molar-refractivity contribution in [3.05, 3.63) is 22.6 Å². The van der Waals surface area contributed by atoms with Crippen molar-refractivity contribution >= 4 is 17.7 Å². The van der Waals surface area contributed by atoms with E-state index in [1.165, 1.54) is 24.0 Å². The number of likely N-dealkylation sites (N-methyl/N-ethyl adjacent to an activating group) is 1. The van der Waals surface area contributed by atoms with Gasteiger partial charge in [0, 0.05) is 17.5 Å². The van der Waals surface area contributed by atoms with Crippen LogP contribution < -0.4 is 10.9 Å². The summed E-state index contributed by atoms with van der Waals surface area (Å²) in [5.74, 6) is -0.274. The molecule has 0 radical (unpaired) electrons. The SMILES string of the molecule is CCOC(=O)C(C)(CC(C)Sc1nccc(=O)[nH]1)NC. The van der Waals surface area contributed by atoms with Crippen LogP contribution >= 0.6 is 11.8 Å². The van der Waals surface area contributed by atoms with Gasteiger partial charge in [0.1, 0.15) is 5.54 Å². The summed E-state index contributed by atoms with van der Waals surface area (Å²) in [6.07, 6.45) is 2.03. The fourth-order valence-corrected chi connectivity index (χ4v) is 2.88. The molecule has 0 aliphatic heterocycles. The number of carbonyl (C=O) groups is 1. The molecule has 7 heteroatoms. The van der Waals surface area contributed by atoms with Crippen molar-refractivity contribution in [2.75, 3.05) is 13.7 Å². The summed E-state index contributed by atoms with van der Waals surface area (Å²) in [6, 6.07) is 1.37. The van der Waals surface area contributed by atoms with Gasteiger partial charge in [-0.05, 0) is 27.3 Å². The Morgan fingerprint density at radius 1 is 1.65 bits per heavy atom. The highest BCUT2D eigenvalue weighted by molar-refractivity contribution is 7.99.